The maximum Gasteiger partial charge on any atom is 0.164 e. The molecular formula is C14H15NO2. The smallest absolute Gasteiger partial charge is 0.164 e. The molecule has 1 aliphatic carbocycles. The Bertz CT molecular complexity index is 610. The fourth-order valence-electron chi connectivity index (χ4n) is 2.75. The fraction of sp³-hybridized carbons (Fsp3) is 0.357. The largest absolute Gasteiger partial charge is 0.497 e. The highest BCUT2D eigenvalue weighted by molar-refractivity contribution is 6.01. The standard InChI is InChI=1S/C14H15NO2/c1-9-12-8-10(17-2)6-7-15(12)11-4-3-5-13(16)14(9)11/h6-8H,3-5H2,1-2H3. The summed E-state index contributed by atoms with van der Waals surface area (Å²) >= 11 is 0. The highest BCUT2D eigenvalue weighted by Gasteiger charge is 2.24. The van der Waals surface area contributed by atoms with Crippen LogP contribution in [0, 0.1) is 6.92 Å². The summed E-state index contributed by atoms with van der Waals surface area (Å²) in [7, 11) is 1.66. The van der Waals surface area contributed by atoms with Gasteiger partial charge < -0.3 is 9.14 Å². The summed E-state index contributed by atoms with van der Waals surface area (Å²) in [4.78, 5) is 12.0. The SMILES string of the molecule is COc1ccn2c3c(c(C)c2c1)C(=O)CCC3. The van der Waals surface area contributed by atoms with Gasteiger partial charge in [-0.2, -0.15) is 0 Å². The van der Waals surface area contributed by atoms with Crippen LogP contribution in [0.15, 0.2) is 18.3 Å². The Morgan fingerprint density at radius 2 is 2.18 bits per heavy atom. The molecule has 0 amide bonds. The first-order valence-corrected chi connectivity index (χ1v) is 5.93. The van der Waals surface area contributed by atoms with Gasteiger partial charge in [-0.25, -0.2) is 0 Å². The van der Waals surface area contributed by atoms with Gasteiger partial charge in [0.2, 0.25) is 0 Å². The van der Waals surface area contributed by atoms with Crippen LogP contribution in [0.4, 0.5) is 0 Å². The van der Waals surface area contributed by atoms with Gasteiger partial charge in [-0.1, -0.05) is 0 Å². The number of rotatable bonds is 1. The number of ether oxygens (including phenoxy) is 1. The van der Waals surface area contributed by atoms with Crippen molar-refractivity contribution in [2.75, 3.05) is 7.11 Å². The summed E-state index contributed by atoms with van der Waals surface area (Å²) in [5.74, 6) is 1.12. The van der Waals surface area contributed by atoms with Crippen LogP contribution in [0.25, 0.3) is 5.52 Å². The molecular weight excluding hydrogens is 214 g/mol. The van der Waals surface area contributed by atoms with Crippen LogP contribution in [-0.4, -0.2) is 17.3 Å². The van der Waals surface area contributed by atoms with Crippen molar-refractivity contribution in [1.82, 2.24) is 4.40 Å². The molecule has 3 rings (SSSR count). The van der Waals surface area contributed by atoms with Gasteiger partial charge in [-0.05, 0) is 31.4 Å². The average Bonchev–Trinajstić information content (AvgIpc) is 2.64. The second-order valence-corrected chi connectivity index (χ2v) is 4.55. The highest BCUT2D eigenvalue weighted by Crippen LogP contribution is 2.31. The number of fused-ring (bicyclic) bond motifs is 3. The summed E-state index contributed by atoms with van der Waals surface area (Å²) in [5.41, 5.74) is 4.27. The number of methoxy groups -OCH3 is 1. The van der Waals surface area contributed by atoms with Crippen molar-refractivity contribution in [3.05, 3.63) is 35.2 Å². The van der Waals surface area contributed by atoms with E-state index in [1.165, 1.54) is 0 Å². The molecule has 0 spiro atoms. The van der Waals surface area contributed by atoms with Crippen LogP contribution in [-0.2, 0) is 6.42 Å². The summed E-state index contributed by atoms with van der Waals surface area (Å²) < 4.78 is 7.37. The van der Waals surface area contributed by atoms with Crippen LogP contribution in [0.1, 0.15) is 34.5 Å². The summed E-state index contributed by atoms with van der Waals surface area (Å²) in [6.07, 6.45) is 4.63. The van der Waals surface area contributed by atoms with E-state index in [0.717, 1.165) is 40.9 Å². The van der Waals surface area contributed by atoms with Crippen molar-refractivity contribution in [3.63, 3.8) is 0 Å². The van der Waals surface area contributed by atoms with Gasteiger partial charge in [0.25, 0.3) is 0 Å². The predicted molar refractivity (Wildman–Crippen MR) is 66.0 cm³/mol. The Morgan fingerprint density at radius 3 is 2.94 bits per heavy atom. The van der Waals surface area contributed by atoms with Crippen LogP contribution < -0.4 is 4.74 Å². The molecule has 0 N–H and O–H groups in total. The normalized spacial score (nSPS) is 15.1. The first-order chi connectivity index (χ1) is 8.22. The van der Waals surface area contributed by atoms with Gasteiger partial charge in [0.1, 0.15) is 5.75 Å². The third-order valence-electron chi connectivity index (χ3n) is 3.60. The number of aromatic nitrogens is 1. The quantitative estimate of drug-likeness (QED) is 0.752. The first kappa shape index (κ1) is 10.4. The van der Waals surface area contributed by atoms with E-state index in [1.54, 1.807) is 7.11 Å². The number of ketones is 1. The van der Waals surface area contributed by atoms with E-state index in [9.17, 15) is 4.79 Å². The molecule has 3 heteroatoms. The van der Waals surface area contributed by atoms with Gasteiger partial charge >= 0.3 is 0 Å². The average molecular weight is 229 g/mol. The predicted octanol–water partition coefficient (Wildman–Crippen LogP) is 2.78. The molecule has 0 atom stereocenters. The van der Waals surface area contributed by atoms with Gasteiger partial charge in [0.15, 0.2) is 5.78 Å². The molecule has 0 bridgehead atoms. The highest BCUT2D eigenvalue weighted by atomic mass is 16.5. The second-order valence-electron chi connectivity index (χ2n) is 4.55. The van der Waals surface area contributed by atoms with E-state index < -0.39 is 0 Å². The molecule has 0 saturated heterocycles. The molecule has 0 fully saturated rings. The molecule has 2 aromatic heterocycles. The van der Waals surface area contributed by atoms with Gasteiger partial charge in [0, 0.05) is 29.9 Å². The van der Waals surface area contributed by atoms with Crippen molar-refractivity contribution in [2.24, 2.45) is 0 Å². The molecule has 0 aliphatic heterocycles. The number of nitrogens with zero attached hydrogens (tertiary/aromatic N) is 1. The lowest BCUT2D eigenvalue weighted by molar-refractivity contribution is 0.0971. The topological polar surface area (TPSA) is 30.7 Å². The molecule has 2 heterocycles. The zero-order valence-corrected chi connectivity index (χ0v) is 10.1. The Morgan fingerprint density at radius 1 is 1.35 bits per heavy atom. The van der Waals surface area contributed by atoms with Crippen LogP contribution in [0.3, 0.4) is 0 Å². The number of carbonyl (C=O) groups is 1. The Balaban J connectivity index is 2.35. The molecule has 17 heavy (non-hydrogen) atoms. The Hall–Kier alpha value is -1.77. The van der Waals surface area contributed by atoms with Crippen molar-refractivity contribution in [2.45, 2.75) is 26.2 Å². The van der Waals surface area contributed by atoms with E-state index in [0.29, 0.717) is 6.42 Å². The number of hydrogen-bond donors (Lipinski definition) is 0. The lowest BCUT2D eigenvalue weighted by atomic mass is 9.94. The third-order valence-corrected chi connectivity index (χ3v) is 3.60. The molecule has 0 radical (unpaired) electrons. The Labute approximate surface area is 100 Å². The van der Waals surface area contributed by atoms with Crippen molar-refractivity contribution in [3.8, 4) is 5.75 Å². The second kappa shape index (κ2) is 3.62. The van der Waals surface area contributed by atoms with E-state index in [1.807, 2.05) is 25.3 Å². The lowest BCUT2D eigenvalue weighted by Gasteiger charge is -2.11. The molecule has 0 unspecified atom stereocenters. The number of aryl methyl sites for hydroxylation is 2. The molecule has 1 aliphatic rings. The van der Waals surface area contributed by atoms with Gasteiger partial charge in [0.05, 0.1) is 12.6 Å². The van der Waals surface area contributed by atoms with Gasteiger partial charge in [-0.3, -0.25) is 4.79 Å². The number of carbonyl (C=O) groups excluding carboxylic acids is 1. The van der Waals surface area contributed by atoms with Gasteiger partial charge in [-0.15, -0.1) is 0 Å². The molecule has 88 valence electrons. The summed E-state index contributed by atoms with van der Waals surface area (Å²) in [6.45, 7) is 2.02. The number of hydrogen-bond acceptors (Lipinski definition) is 2. The molecule has 0 saturated carbocycles. The lowest BCUT2D eigenvalue weighted by Crippen LogP contribution is -2.11. The van der Waals surface area contributed by atoms with Crippen molar-refractivity contribution >= 4 is 11.3 Å². The zero-order valence-electron chi connectivity index (χ0n) is 10.1. The summed E-state index contributed by atoms with van der Waals surface area (Å²) in [6, 6.07) is 3.94. The molecule has 3 nitrogen and oxygen atoms in total. The maximum atomic E-state index is 12.0. The van der Waals surface area contributed by atoms with Crippen LogP contribution >= 0.6 is 0 Å². The van der Waals surface area contributed by atoms with E-state index in [4.69, 9.17) is 4.74 Å². The number of pyridine rings is 1. The zero-order chi connectivity index (χ0) is 12.0. The van der Waals surface area contributed by atoms with Crippen molar-refractivity contribution < 1.29 is 9.53 Å². The fourth-order valence-corrected chi connectivity index (χ4v) is 2.75. The minimum absolute atomic E-state index is 0.284. The van der Waals surface area contributed by atoms with Crippen LogP contribution in [0.2, 0.25) is 0 Å². The van der Waals surface area contributed by atoms with E-state index in [2.05, 4.69) is 4.40 Å². The maximum absolute atomic E-state index is 12.0. The third kappa shape index (κ3) is 1.38. The summed E-state index contributed by atoms with van der Waals surface area (Å²) in [5, 5.41) is 0. The Kier molecular flexibility index (Phi) is 2.21. The number of Topliss-reactive ketones (excluding diaryl/α,β-unsaturated/α-hetero) is 1. The van der Waals surface area contributed by atoms with E-state index in [-0.39, 0.29) is 5.78 Å². The van der Waals surface area contributed by atoms with Crippen molar-refractivity contribution in [1.29, 1.82) is 0 Å². The first-order valence-electron chi connectivity index (χ1n) is 5.93. The van der Waals surface area contributed by atoms with Crippen LogP contribution in [0.5, 0.6) is 5.75 Å². The minimum Gasteiger partial charge on any atom is -0.497 e. The minimum atomic E-state index is 0.284. The molecule has 0 aromatic carbocycles. The monoisotopic (exact) mass is 229 g/mol. The molecule has 2 aromatic rings. The van der Waals surface area contributed by atoms with E-state index >= 15 is 0 Å².